The van der Waals surface area contributed by atoms with E-state index >= 15 is 0 Å². The predicted molar refractivity (Wildman–Crippen MR) is 89.1 cm³/mol. The highest BCUT2D eigenvalue weighted by Crippen LogP contribution is 2.36. The lowest BCUT2D eigenvalue weighted by Crippen LogP contribution is -2.35. The minimum Gasteiger partial charge on any atom is -0.458 e. The molecule has 0 aliphatic heterocycles. The van der Waals surface area contributed by atoms with Crippen molar-refractivity contribution in [2.45, 2.75) is 46.1 Å². The topological polar surface area (TPSA) is 52.3 Å². The van der Waals surface area contributed by atoms with E-state index in [1.54, 1.807) is 18.2 Å². The molecule has 2 N–H and O–H groups in total. The Balaban J connectivity index is 2.14. The largest absolute Gasteiger partial charge is 0.458 e. The van der Waals surface area contributed by atoms with E-state index in [9.17, 15) is 4.79 Å². The van der Waals surface area contributed by atoms with E-state index in [-0.39, 0.29) is 12.1 Å². The van der Waals surface area contributed by atoms with Crippen molar-refractivity contribution < 1.29 is 9.53 Å². The highest BCUT2D eigenvalue weighted by atomic mass is 79.9. The summed E-state index contributed by atoms with van der Waals surface area (Å²) in [6.07, 6.45) is 3.32. The summed E-state index contributed by atoms with van der Waals surface area (Å²) in [4.78, 5) is 12.5. The van der Waals surface area contributed by atoms with Gasteiger partial charge in [0.15, 0.2) is 0 Å². The molecular formula is C17H24BrNO2. The third kappa shape index (κ3) is 4.00. The molecule has 1 fully saturated rings. The number of halogens is 1. The number of benzene rings is 1. The van der Waals surface area contributed by atoms with Crippen molar-refractivity contribution in [2.24, 2.45) is 17.8 Å². The molecule has 1 aliphatic rings. The van der Waals surface area contributed by atoms with Gasteiger partial charge in [0.2, 0.25) is 0 Å². The van der Waals surface area contributed by atoms with Crippen molar-refractivity contribution in [3.05, 3.63) is 28.2 Å². The van der Waals surface area contributed by atoms with E-state index in [0.717, 1.165) is 17.3 Å². The lowest BCUT2D eigenvalue weighted by atomic mass is 9.75. The molecule has 3 unspecified atom stereocenters. The molecule has 21 heavy (non-hydrogen) atoms. The fourth-order valence-electron chi connectivity index (χ4n) is 3.15. The molecule has 116 valence electrons. The number of hydrogen-bond donors (Lipinski definition) is 1. The summed E-state index contributed by atoms with van der Waals surface area (Å²) >= 11 is 3.40. The van der Waals surface area contributed by atoms with Gasteiger partial charge >= 0.3 is 5.97 Å². The van der Waals surface area contributed by atoms with Gasteiger partial charge in [-0.25, -0.2) is 4.79 Å². The summed E-state index contributed by atoms with van der Waals surface area (Å²) in [6.45, 7) is 6.64. The van der Waals surface area contributed by atoms with Crippen LogP contribution in [-0.4, -0.2) is 12.1 Å². The lowest BCUT2D eigenvalue weighted by Gasteiger charge is -2.36. The number of carbonyl (C=O) groups excluding carboxylic acids is 1. The molecule has 1 aliphatic carbocycles. The number of rotatable bonds is 3. The molecule has 2 rings (SSSR count). The monoisotopic (exact) mass is 353 g/mol. The number of nitrogens with two attached hydrogens (primary N) is 1. The number of hydrogen-bond acceptors (Lipinski definition) is 3. The second kappa shape index (κ2) is 6.82. The minimum atomic E-state index is -0.279. The van der Waals surface area contributed by atoms with Crippen LogP contribution >= 0.6 is 15.9 Å². The summed E-state index contributed by atoms with van der Waals surface area (Å²) in [5.74, 6) is 1.31. The van der Waals surface area contributed by atoms with Crippen molar-refractivity contribution >= 4 is 27.6 Å². The minimum absolute atomic E-state index is 0.00887. The van der Waals surface area contributed by atoms with Crippen molar-refractivity contribution in [1.29, 1.82) is 0 Å². The Hall–Kier alpha value is -1.03. The number of nitrogen functional groups attached to an aromatic ring is 1. The molecule has 0 bridgehead atoms. The van der Waals surface area contributed by atoms with E-state index in [4.69, 9.17) is 10.5 Å². The Bertz CT molecular complexity index is 516. The van der Waals surface area contributed by atoms with Crippen LogP contribution < -0.4 is 5.73 Å². The molecule has 0 aromatic heterocycles. The van der Waals surface area contributed by atoms with E-state index in [1.165, 1.54) is 6.42 Å². The molecular weight excluding hydrogens is 330 g/mol. The van der Waals surface area contributed by atoms with Gasteiger partial charge in [-0.1, -0.05) is 27.2 Å². The molecule has 3 atom stereocenters. The van der Waals surface area contributed by atoms with Crippen LogP contribution in [0.15, 0.2) is 22.7 Å². The molecule has 1 aromatic rings. The van der Waals surface area contributed by atoms with Crippen molar-refractivity contribution in [2.75, 3.05) is 5.73 Å². The number of ether oxygens (including phenoxy) is 1. The van der Waals surface area contributed by atoms with Crippen LogP contribution in [0.5, 0.6) is 0 Å². The van der Waals surface area contributed by atoms with Crippen LogP contribution in [0.4, 0.5) is 5.69 Å². The lowest BCUT2D eigenvalue weighted by molar-refractivity contribution is -0.0174. The molecule has 1 saturated carbocycles. The van der Waals surface area contributed by atoms with Gasteiger partial charge < -0.3 is 10.5 Å². The fraction of sp³-hybridized carbons (Fsp3) is 0.588. The predicted octanol–water partition coefficient (Wildman–Crippen LogP) is 4.65. The summed E-state index contributed by atoms with van der Waals surface area (Å²) in [5, 5.41) is 0. The van der Waals surface area contributed by atoms with Gasteiger partial charge in [-0.2, -0.15) is 0 Å². The van der Waals surface area contributed by atoms with Crippen molar-refractivity contribution in [3.63, 3.8) is 0 Å². The summed E-state index contributed by atoms with van der Waals surface area (Å²) in [6, 6.07) is 5.22. The molecule has 0 radical (unpaired) electrons. The number of esters is 1. The molecule has 0 heterocycles. The quantitative estimate of drug-likeness (QED) is 0.635. The van der Waals surface area contributed by atoms with E-state index in [0.29, 0.717) is 29.0 Å². The van der Waals surface area contributed by atoms with Gasteiger partial charge in [0.1, 0.15) is 6.10 Å². The highest BCUT2D eigenvalue weighted by Gasteiger charge is 2.33. The first-order valence-electron chi connectivity index (χ1n) is 7.64. The third-order valence-electron chi connectivity index (χ3n) is 4.43. The van der Waals surface area contributed by atoms with Gasteiger partial charge in [0.05, 0.1) is 5.56 Å². The first kappa shape index (κ1) is 16.3. The van der Waals surface area contributed by atoms with E-state index < -0.39 is 0 Å². The van der Waals surface area contributed by atoms with Crippen LogP contribution in [0.1, 0.15) is 50.4 Å². The zero-order valence-electron chi connectivity index (χ0n) is 12.9. The average molecular weight is 354 g/mol. The zero-order chi connectivity index (χ0) is 15.6. The molecule has 1 aromatic carbocycles. The SMILES string of the molecule is CC1CCC(C(C)C)C(OC(=O)c2cc(N)ccc2Br)C1. The summed E-state index contributed by atoms with van der Waals surface area (Å²) < 4.78 is 6.56. The summed E-state index contributed by atoms with van der Waals surface area (Å²) in [5.41, 5.74) is 6.85. The standard InChI is InChI=1S/C17H24BrNO2/c1-10(2)13-6-4-11(3)8-16(13)21-17(20)14-9-12(19)5-7-15(14)18/h5,7,9-11,13,16H,4,6,8,19H2,1-3H3. The number of anilines is 1. The van der Waals surface area contributed by atoms with Crippen molar-refractivity contribution in [1.82, 2.24) is 0 Å². The first-order chi connectivity index (χ1) is 9.88. The second-order valence-electron chi connectivity index (χ2n) is 6.51. The highest BCUT2D eigenvalue weighted by molar-refractivity contribution is 9.10. The Morgan fingerprint density at radius 1 is 1.38 bits per heavy atom. The Morgan fingerprint density at radius 3 is 2.76 bits per heavy atom. The van der Waals surface area contributed by atoms with Crippen LogP contribution in [0.3, 0.4) is 0 Å². The van der Waals surface area contributed by atoms with Crippen LogP contribution in [0.2, 0.25) is 0 Å². The normalized spacial score (nSPS) is 25.9. The Morgan fingerprint density at radius 2 is 2.10 bits per heavy atom. The van der Waals surface area contributed by atoms with E-state index in [2.05, 4.69) is 36.7 Å². The molecule has 4 heteroatoms. The van der Waals surface area contributed by atoms with E-state index in [1.807, 2.05) is 0 Å². The summed E-state index contributed by atoms with van der Waals surface area (Å²) in [7, 11) is 0. The third-order valence-corrected chi connectivity index (χ3v) is 5.12. The average Bonchev–Trinajstić information content (AvgIpc) is 2.41. The van der Waals surface area contributed by atoms with Gasteiger partial charge in [-0.3, -0.25) is 0 Å². The molecule has 0 spiro atoms. The first-order valence-corrected chi connectivity index (χ1v) is 8.43. The maximum atomic E-state index is 12.5. The van der Waals surface area contributed by atoms with Gasteiger partial charge in [-0.05, 0) is 64.7 Å². The molecule has 3 nitrogen and oxygen atoms in total. The molecule has 0 saturated heterocycles. The van der Waals surface area contributed by atoms with Crippen LogP contribution in [0, 0.1) is 17.8 Å². The Kier molecular flexibility index (Phi) is 5.31. The van der Waals surface area contributed by atoms with Crippen molar-refractivity contribution in [3.8, 4) is 0 Å². The Labute approximate surface area is 135 Å². The van der Waals surface area contributed by atoms with Gasteiger partial charge in [0, 0.05) is 10.2 Å². The van der Waals surface area contributed by atoms with Crippen LogP contribution in [-0.2, 0) is 4.74 Å². The maximum Gasteiger partial charge on any atom is 0.339 e. The smallest absolute Gasteiger partial charge is 0.339 e. The van der Waals surface area contributed by atoms with Gasteiger partial charge in [0.25, 0.3) is 0 Å². The second-order valence-corrected chi connectivity index (χ2v) is 7.36. The van der Waals surface area contributed by atoms with Crippen LogP contribution in [0.25, 0.3) is 0 Å². The van der Waals surface area contributed by atoms with Gasteiger partial charge in [-0.15, -0.1) is 0 Å². The molecule has 0 amide bonds. The fourth-order valence-corrected chi connectivity index (χ4v) is 3.56. The zero-order valence-corrected chi connectivity index (χ0v) is 14.5. The number of carbonyl (C=O) groups is 1. The maximum absolute atomic E-state index is 12.5.